The van der Waals surface area contributed by atoms with Gasteiger partial charge in [-0.15, -0.1) is 0 Å². The molecule has 1 rings (SSSR count). The molecular weight excluding hydrogens is 262 g/mol. The van der Waals surface area contributed by atoms with Crippen LogP contribution in [0.25, 0.3) is 0 Å². The van der Waals surface area contributed by atoms with Gasteiger partial charge < -0.3 is 15.5 Å². The number of nitrogens with one attached hydrogen (secondary N) is 1. The van der Waals surface area contributed by atoms with Gasteiger partial charge in [-0.3, -0.25) is 9.59 Å². The summed E-state index contributed by atoms with van der Waals surface area (Å²) in [6.07, 6.45) is -0.467. The molecule has 0 aliphatic heterocycles. The van der Waals surface area contributed by atoms with Crippen LogP contribution in [0.4, 0.5) is 5.69 Å². The van der Waals surface area contributed by atoms with Crippen LogP contribution in [0.1, 0.15) is 23.2 Å². The molecule has 0 radical (unpaired) electrons. The van der Waals surface area contributed by atoms with E-state index in [1.807, 2.05) is 0 Å². The van der Waals surface area contributed by atoms with Gasteiger partial charge >= 0.3 is 11.9 Å². The fraction of sp³-hybridized carbons (Fsp3) is 0.182. The van der Waals surface area contributed by atoms with Gasteiger partial charge in [-0.2, -0.15) is 0 Å². The number of carbonyl (C=O) groups is 3. The Hall–Kier alpha value is -2.08. The molecule has 7 heteroatoms. The normalized spacial score (nSPS) is 9.83. The molecule has 0 saturated carbocycles. The van der Waals surface area contributed by atoms with Crippen molar-refractivity contribution in [2.75, 3.05) is 5.32 Å². The third kappa shape index (κ3) is 4.06. The Kier molecular flexibility index (Phi) is 4.67. The highest BCUT2D eigenvalue weighted by Gasteiger charge is 2.11. The minimum atomic E-state index is -1.21. The van der Waals surface area contributed by atoms with E-state index in [-0.39, 0.29) is 29.1 Å². The molecule has 0 bridgehead atoms. The van der Waals surface area contributed by atoms with Gasteiger partial charge in [0.15, 0.2) is 0 Å². The highest BCUT2D eigenvalue weighted by molar-refractivity contribution is 6.33. The van der Waals surface area contributed by atoms with E-state index < -0.39 is 17.8 Å². The van der Waals surface area contributed by atoms with E-state index in [1.165, 1.54) is 18.2 Å². The largest absolute Gasteiger partial charge is 0.481 e. The molecule has 0 aliphatic carbocycles. The summed E-state index contributed by atoms with van der Waals surface area (Å²) in [5, 5.41) is 19.7. The first-order chi connectivity index (χ1) is 8.40. The Morgan fingerprint density at radius 2 is 1.83 bits per heavy atom. The minimum Gasteiger partial charge on any atom is -0.481 e. The molecular formula is C11H10ClNO5. The average molecular weight is 272 g/mol. The third-order valence-corrected chi connectivity index (χ3v) is 2.38. The summed E-state index contributed by atoms with van der Waals surface area (Å²) >= 11 is 5.66. The molecule has 0 aromatic heterocycles. The van der Waals surface area contributed by atoms with Crippen molar-refractivity contribution < 1.29 is 24.6 Å². The maximum Gasteiger partial charge on any atom is 0.337 e. The predicted molar refractivity (Wildman–Crippen MR) is 63.9 cm³/mol. The van der Waals surface area contributed by atoms with E-state index >= 15 is 0 Å². The lowest BCUT2D eigenvalue weighted by Crippen LogP contribution is -2.13. The second-order valence-electron chi connectivity index (χ2n) is 3.44. The lowest BCUT2D eigenvalue weighted by Gasteiger charge is -2.06. The van der Waals surface area contributed by atoms with Crippen LogP contribution in [-0.4, -0.2) is 28.1 Å². The van der Waals surface area contributed by atoms with Crippen molar-refractivity contribution in [2.24, 2.45) is 0 Å². The highest BCUT2D eigenvalue weighted by atomic mass is 35.5. The maximum absolute atomic E-state index is 11.3. The minimum absolute atomic E-state index is 0.0611. The van der Waals surface area contributed by atoms with E-state index in [0.29, 0.717) is 0 Å². The number of aromatic carboxylic acids is 1. The Balaban J connectivity index is 2.73. The van der Waals surface area contributed by atoms with Gasteiger partial charge in [0, 0.05) is 12.1 Å². The number of aliphatic carboxylic acids is 1. The summed E-state index contributed by atoms with van der Waals surface area (Å²) in [5.74, 6) is -2.79. The van der Waals surface area contributed by atoms with Crippen LogP contribution in [-0.2, 0) is 9.59 Å². The average Bonchev–Trinajstić information content (AvgIpc) is 2.28. The van der Waals surface area contributed by atoms with E-state index in [4.69, 9.17) is 21.8 Å². The van der Waals surface area contributed by atoms with E-state index in [2.05, 4.69) is 5.32 Å². The first-order valence-corrected chi connectivity index (χ1v) is 5.32. The second kappa shape index (κ2) is 6.02. The van der Waals surface area contributed by atoms with Crippen molar-refractivity contribution >= 4 is 35.1 Å². The highest BCUT2D eigenvalue weighted by Crippen LogP contribution is 2.20. The topological polar surface area (TPSA) is 104 Å². The van der Waals surface area contributed by atoms with E-state index in [1.54, 1.807) is 0 Å². The SMILES string of the molecule is O=C(O)CCC(=O)Nc1ccc(Cl)c(C(=O)O)c1. The summed E-state index contributed by atoms with van der Waals surface area (Å²) in [4.78, 5) is 32.4. The van der Waals surface area contributed by atoms with Crippen LogP contribution in [0, 0.1) is 0 Å². The quantitative estimate of drug-likeness (QED) is 0.758. The molecule has 18 heavy (non-hydrogen) atoms. The maximum atomic E-state index is 11.3. The molecule has 0 atom stereocenters. The van der Waals surface area contributed by atoms with Crippen LogP contribution >= 0.6 is 11.6 Å². The zero-order chi connectivity index (χ0) is 13.7. The van der Waals surface area contributed by atoms with Gasteiger partial charge in [-0.25, -0.2) is 4.79 Å². The molecule has 96 valence electrons. The zero-order valence-corrected chi connectivity index (χ0v) is 9.90. The summed E-state index contributed by atoms with van der Waals surface area (Å²) in [6, 6.07) is 3.99. The van der Waals surface area contributed by atoms with Gasteiger partial charge in [0.1, 0.15) is 0 Å². The van der Waals surface area contributed by atoms with Crippen LogP contribution in [0.3, 0.4) is 0 Å². The van der Waals surface area contributed by atoms with Crippen molar-refractivity contribution in [3.8, 4) is 0 Å². The van der Waals surface area contributed by atoms with Gasteiger partial charge in [0.05, 0.1) is 17.0 Å². The van der Waals surface area contributed by atoms with Crippen LogP contribution in [0.15, 0.2) is 18.2 Å². The molecule has 3 N–H and O–H groups in total. The molecule has 6 nitrogen and oxygen atoms in total. The van der Waals surface area contributed by atoms with Crippen molar-refractivity contribution in [3.05, 3.63) is 28.8 Å². The Morgan fingerprint density at radius 3 is 2.39 bits per heavy atom. The van der Waals surface area contributed by atoms with Crippen molar-refractivity contribution in [1.29, 1.82) is 0 Å². The molecule has 1 amide bonds. The van der Waals surface area contributed by atoms with E-state index in [0.717, 1.165) is 0 Å². The summed E-state index contributed by atoms with van der Waals surface area (Å²) in [7, 11) is 0. The molecule has 1 aromatic rings. The van der Waals surface area contributed by atoms with Crippen LogP contribution in [0.2, 0.25) is 5.02 Å². The second-order valence-corrected chi connectivity index (χ2v) is 3.85. The molecule has 0 fully saturated rings. The fourth-order valence-electron chi connectivity index (χ4n) is 1.21. The summed E-state index contributed by atoms with van der Waals surface area (Å²) < 4.78 is 0. The number of carboxylic acids is 2. The van der Waals surface area contributed by atoms with Crippen molar-refractivity contribution in [3.63, 3.8) is 0 Å². The first kappa shape index (κ1) is 14.0. The smallest absolute Gasteiger partial charge is 0.337 e. The lowest BCUT2D eigenvalue weighted by molar-refractivity contribution is -0.138. The number of halogens is 1. The van der Waals surface area contributed by atoms with Gasteiger partial charge in [-0.1, -0.05) is 11.6 Å². The monoisotopic (exact) mass is 271 g/mol. The Bertz CT molecular complexity index is 500. The Morgan fingerprint density at radius 1 is 1.17 bits per heavy atom. The predicted octanol–water partition coefficient (Wildman–Crippen LogP) is 1.84. The number of rotatable bonds is 5. The van der Waals surface area contributed by atoms with Crippen molar-refractivity contribution in [1.82, 2.24) is 0 Å². The van der Waals surface area contributed by atoms with Gasteiger partial charge in [-0.05, 0) is 18.2 Å². The number of carboxylic acid groups (broad SMARTS) is 2. The standard InChI is InChI=1S/C11H10ClNO5/c12-8-2-1-6(5-7(8)11(17)18)13-9(14)3-4-10(15)16/h1-2,5H,3-4H2,(H,13,14)(H,15,16)(H,17,18). The third-order valence-electron chi connectivity index (χ3n) is 2.05. The Labute approximate surface area is 107 Å². The van der Waals surface area contributed by atoms with Crippen LogP contribution < -0.4 is 5.32 Å². The number of anilines is 1. The van der Waals surface area contributed by atoms with Gasteiger partial charge in [0.25, 0.3) is 0 Å². The summed E-state index contributed by atoms with van der Waals surface area (Å²) in [6.45, 7) is 0. The number of hydrogen-bond donors (Lipinski definition) is 3. The molecule has 0 spiro atoms. The van der Waals surface area contributed by atoms with Crippen molar-refractivity contribution in [2.45, 2.75) is 12.8 Å². The number of amides is 1. The molecule has 1 aromatic carbocycles. The number of benzene rings is 1. The first-order valence-electron chi connectivity index (χ1n) is 4.94. The van der Waals surface area contributed by atoms with E-state index in [9.17, 15) is 14.4 Å². The molecule has 0 aliphatic rings. The zero-order valence-electron chi connectivity index (χ0n) is 9.14. The number of carbonyl (C=O) groups excluding carboxylic acids is 1. The summed E-state index contributed by atoms with van der Waals surface area (Å²) in [5.41, 5.74) is 0.125. The fourth-order valence-corrected chi connectivity index (χ4v) is 1.41. The van der Waals surface area contributed by atoms with Gasteiger partial charge in [0.2, 0.25) is 5.91 Å². The molecule has 0 saturated heterocycles. The van der Waals surface area contributed by atoms with Crippen LogP contribution in [0.5, 0.6) is 0 Å². The lowest BCUT2D eigenvalue weighted by atomic mass is 10.2. The number of hydrogen-bond acceptors (Lipinski definition) is 3. The molecule has 0 unspecified atom stereocenters. The molecule has 0 heterocycles.